The number of aryl methyl sites for hydroxylation is 1. The lowest BCUT2D eigenvalue weighted by Gasteiger charge is -2.37. The van der Waals surface area contributed by atoms with Crippen LogP contribution in [0.25, 0.3) is 0 Å². The molecular weight excluding hydrogens is 358 g/mol. The summed E-state index contributed by atoms with van der Waals surface area (Å²) in [5.74, 6) is 0.0585. The molecule has 29 heavy (non-hydrogen) atoms. The van der Waals surface area contributed by atoms with Crippen molar-refractivity contribution in [1.82, 2.24) is 0 Å². The highest BCUT2D eigenvalue weighted by atomic mass is 16.2. The highest BCUT2D eigenvalue weighted by molar-refractivity contribution is 5.94. The third-order valence-corrected chi connectivity index (χ3v) is 5.65. The van der Waals surface area contributed by atoms with E-state index in [0.717, 1.165) is 37.4 Å². The number of hydrogen-bond donors (Lipinski definition) is 2. The SMILES string of the molecule is Cc1ccc(NC(=O)[C@@H](c2ccccc2)[NH+]2CCN(c3ccccc3)CC2)cc1. The first-order valence-corrected chi connectivity index (χ1v) is 10.3. The summed E-state index contributed by atoms with van der Waals surface area (Å²) < 4.78 is 0. The third-order valence-electron chi connectivity index (χ3n) is 5.65. The maximum atomic E-state index is 13.3. The monoisotopic (exact) mass is 386 g/mol. The van der Waals surface area contributed by atoms with Crippen molar-refractivity contribution in [2.24, 2.45) is 0 Å². The van der Waals surface area contributed by atoms with Crippen LogP contribution in [-0.2, 0) is 4.79 Å². The molecule has 0 aromatic heterocycles. The van der Waals surface area contributed by atoms with Gasteiger partial charge in [0.15, 0.2) is 6.04 Å². The van der Waals surface area contributed by atoms with Gasteiger partial charge in [0.25, 0.3) is 5.91 Å². The second kappa shape index (κ2) is 8.93. The number of rotatable bonds is 5. The summed E-state index contributed by atoms with van der Waals surface area (Å²) in [5.41, 5.74) is 4.36. The van der Waals surface area contributed by atoms with Crippen molar-refractivity contribution in [1.29, 1.82) is 0 Å². The van der Waals surface area contributed by atoms with Gasteiger partial charge in [0.05, 0.1) is 26.2 Å². The Kier molecular flexibility index (Phi) is 5.92. The van der Waals surface area contributed by atoms with Crippen LogP contribution in [0.4, 0.5) is 11.4 Å². The van der Waals surface area contributed by atoms with Crippen LogP contribution in [0.15, 0.2) is 84.9 Å². The summed E-state index contributed by atoms with van der Waals surface area (Å²) in [6, 6.07) is 28.5. The van der Waals surface area contributed by atoms with Crippen LogP contribution >= 0.6 is 0 Å². The molecule has 1 atom stereocenters. The Hall–Kier alpha value is -3.11. The summed E-state index contributed by atoms with van der Waals surface area (Å²) in [5, 5.41) is 3.13. The predicted octanol–water partition coefficient (Wildman–Crippen LogP) is 3.08. The lowest BCUT2D eigenvalue weighted by molar-refractivity contribution is -0.922. The summed E-state index contributed by atoms with van der Waals surface area (Å²) in [6.45, 7) is 5.79. The summed E-state index contributed by atoms with van der Waals surface area (Å²) in [7, 11) is 0. The Bertz CT molecular complexity index is 917. The lowest BCUT2D eigenvalue weighted by Crippen LogP contribution is -3.16. The number of piperazine rings is 1. The fourth-order valence-corrected chi connectivity index (χ4v) is 4.05. The van der Waals surface area contributed by atoms with Gasteiger partial charge >= 0.3 is 0 Å². The molecule has 4 heteroatoms. The Labute approximate surface area is 172 Å². The Morgan fingerprint density at radius 3 is 2.07 bits per heavy atom. The van der Waals surface area contributed by atoms with Gasteiger partial charge in [0.2, 0.25) is 0 Å². The van der Waals surface area contributed by atoms with Crippen molar-refractivity contribution < 1.29 is 9.69 Å². The van der Waals surface area contributed by atoms with Crippen molar-refractivity contribution in [3.63, 3.8) is 0 Å². The van der Waals surface area contributed by atoms with Crippen LogP contribution in [-0.4, -0.2) is 32.1 Å². The number of anilines is 2. The van der Waals surface area contributed by atoms with Crippen LogP contribution in [0.1, 0.15) is 17.2 Å². The van der Waals surface area contributed by atoms with Gasteiger partial charge in [-0.05, 0) is 31.2 Å². The van der Waals surface area contributed by atoms with E-state index >= 15 is 0 Å². The van der Waals surface area contributed by atoms with E-state index in [0.29, 0.717) is 0 Å². The fraction of sp³-hybridized carbons (Fsp3) is 0.240. The van der Waals surface area contributed by atoms with Gasteiger partial charge in [-0.25, -0.2) is 0 Å². The molecule has 0 bridgehead atoms. The van der Waals surface area contributed by atoms with Gasteiger partial charge in [-0.15, -0.1) is 0 Å². The molecule has 0 spiro atoms. The Morgan fingerprint density at radius 2 is 1.45 bits per heavy atom. The number of carbonyl (C=O) groups is 1. The maximum Gasteiger partial charge on any atom is 0.287 e. The Morgan fingerprint density at radius 1 is 0.862 bits per heavy atom. The zero-order chi connectivity index (χ0) is 20.1. The molecule has 1 amide bonds. The molecule has 1 aliphatic rings. The van der Waals surface area contributed by atoms with Crippen LogP contribution in [0.3, 0.4) is 0 Å². The molecule has 2 N–H and O–H groups in total. The van der Waals surface area contributed by atoms with Crippen LogP contribution in [0.2, 0.25) is 0 Å². The number of nitrogens with zero attached hydrogens (tertiary/aromatic N) is 1. The minimum atomic E-state index is -0.213. The first kappa shape index (κ1) is 19.2. The molecule has 1 heterocycles. The lowest BCUT2D eigenvalue weighted by atomic mass is 10.0. The molecule has 0 radical (unpaired) electrons. The average Bonchev–Trinajstić information content (AvgIpc) is 2.77. The molecule has 1 fully saturated rings. The highest BCUT2D eigenvalue weighted by Gasteiger charge is 2.34. The van der Waals surface area contributed by atoms with Crippen LogP contribution in [0.5, 0.6) is 0 Å². The van der Waals surface area contributed by atoms with Crippen molar-refractivity contribution in [3.8, 4) is 0 Å². The zero-order valence-corrected chi connectivity index (χ0v) is 16.8. The van der Waals surface area contributed by atoms with Gasteiger partial charge in [0.1, 0.15) is 0 Å². The number of para-hydroxylation sites is 1. The van der Waals surface area contributed by atoms with Crippen LogP contribution in [0, 0.1) is 6.92 Å². The molecule has 1 aliphatic heterocycles. The van der Waals surface area contributed by atoms with Crippen molar-refractivity contribution >= 4 is 17.3 Å². The zero-order valence-electron chi connectivity index (χ0n) is 16.8. The van der Waals surface area contributed by atoms with E-state index in [9.17, 15) is 4.79 Å². The van der Waals surface area contributed by atoms with E-state index in [2.05, 4.69) is 53.5 Å². The van der Waals surface area contributed by atoms with Gasteiger partial charge in [-0.3, -0.25) is 4.79 Å². The summed E-state index contributed by atoms with van der Waals surface area (Å²) >= 11 is 0. The molecule has 1 saturated heterocycles. The van der Waals surface area contributed by atoms with E-state index in [1.165, 1.54) is 16.2 Å². The normalized spacial score (nSPS) is 15.7. The number of nitrogens with one attached hydrogen (secondary N) is 2. The molecule has 0 unspecified atom stereocenters. The second-order valence-corrected chi connectivity index (χ2v) is 7.68. The summed E-state index contributed by atoms with van der Waals surface area (Å²) in [4.78, 5) is 17.0. The highest BCUT2D eigenvalue weighted by Crippen LogP contribution is 2.17. The van der Waals surface area contributed by atoms with Gasteiger partial charge in [0, 0.05) is 16.9 Å². The molecule has 4 nitrogen and oxygen atoms in total. The number of hydrogen-bond acceptors (Lipinski definition) is 2. The molecule has 0 aliphatic carbocycles. The number of benzene rings is 3. The third kappa shape index (κ3) is 4.66. The molecule has 0 saturated carbocycles. The van der Waals surface area contributed by atoms with Gasteiger partial charge < -0.3 is 15.1 Å². The molecule has 148 valence electrons. The molecule has 4 rings (SSSR count). The van der Waals surface area contributed by atoms with Crippen molar-refractivity contribution in [2.45, 2.75) is 13.0 Å². The van der Waals surface area contributed by atoms with Crippen molar-refractivity contribution in [3.05, 3.63) is 96.1 Å². The topological polar surface area (TPSA) is 36.8 Å². The first-order chi connectivity index (χ1) is 14.2. The second-order valence-electron chi connectivity index (χ2n) is 7.68. The maximum absolute atomic E-state index is 13.3. The van der Waals surface area contributed by atoms with Gasteiger partial charge in [-0.2, -0.15) is 0 Å². The van der Waals surface area contributed by atoms with E-state index in [1.807, 2.05) is 48.5 Å². The number of quaternary nitrogens is 1. The number of carbonyl (C=O) groups excluding carboxylic acids is 1. The van der Waals surface area contributed by atoms with E-state index in [-0.39, 0.29) is 11.9 Å². The largest absolute Gasteiger partial charge is 0.360 e. The van der Waals surface area contributed by atoms with Gasteiger partial charge in [-0.1, -0.05) is 66.2 Å². The van der Waals surface area contributed by atoms with E-state index < -0.39 is 0 Å². The number of amides is 1. The van der Waals surface area contributed by atoms with Crippen molar-refractivity contribution in [2.75, 3.05) is 36.4 Å². The minimum absolute atomic E-state index is 0.0585. The molecule has 3 aromatic carbocycles. The Balaban J connectivity index is 1.51. The smallest absolute Gasteiger partial charge is 0.287 e. The predicted molar refractivity (Wildman–Crippen MR) is 118 cm³/mol. The van der Waals surface area contributed by atoms with E-state index in [1.54, 1.807) is 0 Å². The summed E-state index contributed by atoms with van der Waals surface area (Å²) in [6.07, 6.45) is 0. The minimum Gasteiger partial charge on any atom is -0.360 e. The molecular formula is C25H28N3O+. The first-order valence-electron chi connectivity index (χ1n) is 10.3. The molecule has 3 aromatic rings. The standard InChI is InChI=1S/C25H27N3O/c1-20-12-14-22(15-13-20)26-25(29)24(21-8-4-2-5-9-21)28-18-16-27(17-19-28)23-10-6-3-7-11-23/h2-15,24H,16-19H2,1H3,(H,26,29)/p+1/t24-/m1/s1. The van der Waals surface area contributed by atoms with Crippen LogP contribution < -0.4 is 15.1 Å². The fourth-order valence-electron chi connectivity index (χ4n) is 4.05. The quantitative estimate of drug-likeness (QED) is 0.707. The van der Waals surface area contributed by atoms with E-state index in [4.69, 9.17) is 0 Å². The average molecular weight is 387 g/mol.